The highest BCUT2D eigenvalue weighted by molar-refractivity contribution is 6.45. The zero-order valence-corrected chi connectivity index (χ0v) is 17.6. The monoisotopic (exact) mass is 434 g/mol. The van der Waals surface area contributed by atoms with Gasteiger partial charge in [0, 0.05) is 56.3 Å². The molecular formula is C21H24Cl2N4O2. The summed E-state index contributed by atoms with van der Waals surface area (Å²) in [7, 11) is 0. The molecule has 2 aromatic heterocycles. The summed E-state index contributed by atoms with van der Waals surface area (Å²) in [4.78, 5) is 11.4. The van der Waals surface area contributed by atoms with E-state index >= 15 is 0 Å². The maximum atomic E-state index is 8.88. The molecule has 1 N–H and O–H groups in total. The van der Waals surface area contributed by atoms with Crippen molar-refractivity contribution in [1.29, 1.82) is 0 Å². The lowest BCUT2D eigenvalue weighted by molar-refractivity contribution is 0.110. The molecule has 1 saturated heterocycles. The average molecular weight is 435 g/mol. The van der Waals surface area contributed by atoms with Gasteiger partial charge in [-0.15, -0.1) is 0 Å². The van der Waals surface area contributed by atoms with Crippen LogP contribution in [0.2, 0.25) is 10.0 Å². The van der Waals surface area contributed by atoms with Gasteiger partial charge in [0.2, 0.25) is 0 Å². The molecule has 0 aliphatic carbocycles. The Morgan fingerprint density at radius 2 is 2.14 bits per heavy atom. The lowest BCUT2D eigenvalue weighted by Gasteiger charge is -2.27. The molecule has 6 nitrogen and oxygen atoms in total. The van der Waals surface area contributed by atoms with Crippen molar-refractivity contribution in [2.75, 3.05) is 31.3 Å². The molecule has 3 heterocycles. The Morgan fingerprint density at radius 1 is 1.24 bits per heavy atom. The number of nitrogens with zero attached hydrogens (tertiary/aromatic N) is 4. The predicted molar refractivity (Wildman–Crippen MR) is 116 cm³/mol. The molecule has 1 fully saturated rings. The molecular weight excluding hydrogens is 411 g/mol. The third-order valence-electron chi connectivity index (χ3n) is 5.33. The van der Waals surface area contributed by atoms with E-state index in [-0.39, 0.29) is 6.61 Å². The zero-order valence-electron chi connectivity index (χ0n) is 16.1. The summed E-state index contributed by atoms with van der Waals surface area (Å²) in [5.74, 6) is 0.892. The molecule has 0 spiro atoms. The molecule has 0 amide bonds. The van der Waals surface area contributed by atoms with Crippen molar-refractivity contribution in [1.82, 2.24) is 14.5 Å². The number of aliphatic hydroxyl groups excluding tert-OH is 1. The van der Waals surface area contributed by atoms with Crippen LogP contribution in [0.25, 0.3) is 16.6 Å². The van der Waals surface area contributed by atoms with Crippen LogP contribution in [-0.2, 0) is 4.74 Å². The number of benzene rings is 1. The summed E-state index contributed by atoms with van der Waals surface area (Å²) >= 11 is 12.8. The van der Waals surface area contributed by atoms with Gasteiger partial charge in [-0.25, -0.2) is 9.97 Å². The summed E-state index contributed by atoms with van der Waals surface area (Å²) in [5, 5.41) is 10.8. The van der Waals surface area contributed by atoms with E-state index < -0.39 is 0 Å². The first-order valence-corrected chi connectivity index (χ1v) is 10.7. The molecule has 1 aliphatic rings. The van der Waals surface area contributed by atoms with Gasteiger partial charge >= 0.3 is 0 Å². The van der Waals surface area contributed by atoms with Gasteiger partial charge in [-0.1, -0.05) is 23.2 Å². The largest absolute Gasteiger partial charge is 0.396 e. The van der Waals surface area contributed by atoms with E-state index in [1.165, 1.54) is 0 Å². The highest BCUT2D eigenvalue weighted by Crippen LogP contribution is 2.36. The van der Waals surface area contributed by atoms with Crippen molar-refractivity contribution in [3.8, 4) is 5.69 Å². The van der Waals surface area contributed by atoms with Crippen LogP contribution in [-0.4, -0.2) is 52.0 Å². The molecule has 154 valence electrons. The Labute approximate surface area is 180 Å². The van der Waals surface area contributed by atoms with E-state index in [0.29, 0.717) is 41.2 Å². The number of fused-ring (bicyclic) bond motifs is 1. The maximum absolute atomic E-state index is 8.88. The highest BCUT2D eigenvalue weighted by atomic mass is 35.5. The molecule has 4 rings (SSSR count). The number of imidazole rings is 1. The fourth-order valence-electron chi connectivity index (χ4n) is 3.89. The van der Waals surface area contributed by atoms with Gasteiger partial charge in [0.05, 0.1) is 27.6 Å². The summed E-state index contributed by atoms with van der Waals surface area (Å²) in [6.45, 7) is 2.38. The number of ether oxygens (including phenoxy) is 1. The minimum absolute atomic E-state index is 0.164. The lowest BCUT2D eigenvalue weighted by Crippen LogP contribution is -2.31. The molecule has 1 aliphatic heterocycles. The van der Waals surface area contributed by atoms with Crippen LogP contribution in [0.5, 0.6) is 0 Å². The van der Waals surface area contributed by atoms with Crippen molar-refractivity contribution in [3.05, 3.63) is 47.0 Å². The van der Waals surface area contributed by atoms with Crippen LogP contribution in [0.4, 0.5) is 5.82 Å². The highest BCUT2D eigenvalue weighted by Gasteiger charge is 2.27. The second kappa shape index (κ2) is 9.30. The number of aliphatic hydroxyl groups is 1. The first kappa shape index (κ1) is 20.4. The van der Waals surface area contributed by atoms with Crippen molar-refractivity contribution in [2.45, 2.75) is 31.7 Å². The Kier molecular flexibility index (Phi) is 6.55. The van der Waals surface area contributed by atoms with Crippen molar-refractivity contribution >= 4 is 39.9 Å². The fraction of sp³-hybridized carbons (Fsp3) is 0.429. The van der Waals surface area contributed by atoms with E-state index in [1.807, 2.05) is 16.8 Å². The van der Waals surface area contributed by atoms with Crippen LogP contribution < -0.4 is 4.90 Å². The van der Waals surface area contributed by atoms with Gasteiger partial charge in [0.15, 0.2) is 0 Å². The van der Waals surface area contributed by atoms with Crippen LogP contribution in [0.15, 0.2) is 36.9 Å². The first-order valence-electron chi connectivity index (χ1n) is 9.91. The lowest BCUT2D eigenvalue weighted by atomic mass is 10.1. The number of hydrogen-bond acceptors (Lipinski definition) is 5. The van der Waals surface area contributed by atoms with E-state index in [1.54, 1.807) is 18.6 Å². The number of aromatic nitrogens is 3. The van der Waals surface area contributed by atoms with Crippen molar-refractivity contribution in [2.24, 2.45) is 0 Å². The average Bonchev–Trinajstić information content (AvgIpc) is 3.42. The predicted octanol–water partition coefficient (Wildman–Crippen LogP) is 4.49. The van der Waals surface area contributed by atoms with Gasteiger partial charge in [-0.2, -0.15) is 0 Å². The molecule has 3 aromatic rings. The minimum atomic E-state index is 0.164. The topological polar surface area (TPSA) is 63.4 Å². The molecule has 29 heavy (non-hydrogen) atoms. The van der Waals surface area contributed by atoms with Crippen molar-refractivity contribution in [3.63, 3.8) is 0 Å². The fourth-order valence-corrected chi connectivity index (χ4v) is 4.25. The van der Waals surface area contributed by atoms with E-state index in [0.717, 1.165) is 42.7 Å². The molecule has 1 aromatic carbocycles. The quantitative estimate of drug-likeness (QED) is 0.529. The zero-order chi connectivity index (χ0) is 20.2. The number of halogens is 2. The maximum Gasteiger partial charge on any atom is 0.131 e. The summed E-state index contributed by atoms with van der Waals surface area (Å²) in [6.07, 6.45) is 9.27. The third-order valence-corrected chi connectivity index (χ3v) is 6.13. The van der Waals surface area contributed by atoms with E-state index in [9.17, 15) is 0 Å². The number of hydrogen-bond donors (Lipinski definition) is 1. The second-order valence-electron chi connectivity index (χ2n) is 7.19. The van der Waals surface area contributed by atoms with Crippen LogP contribution in [0.1, 0.15) is 25.7 Å². The Morgan fingerprint density at radius 3 is 2.93 bits per heavy atom. The summed E-state index contributed by atoms with van der Waals surface area (Å²) < 4.78 is 7.62. The van der Waals surface area contributed by atoms with Gasteiger partial charge in [-0.3, -0.25) is 0 Å². The molecule has 0 unspecified atom stereocenters. The normalized spacial score (nSPS) is 16.8. The number of anilines is 1. The Bertz CT molecular complexity index is 965. The molecule has 0 saturated carbocycles. The first-order chi connectivity index (χ1) is 14.2. The number of rotatable bonds is 8. The Hall–Kier alpha value is -1.86. The number of pyridine rings is 1. The molecule has 8 heteroatoms. The van der Waals surface area contributed by atoms with Gasteiger partial charge in [0.25, 0.3) is 0 Å². The summed E-state index contributed by atoms with van der Waals surface area (Å²) in [5.41, 5.74) is 1.68. The van der Waals surface area contributed by atoms with E-state index in [2.05, 4.69) is 16.0 Å². The van der Waals surface area contributed by atoms with Gasteiger partial charge < -0.3 is 19.3 Å². The third kappa shape index (κ3) is 4.36. The van der Waals surface area contributed by atoms with E-state index in [4.69, 9.17) is 38.0 Å². The van der Waals surface area contributed by atoms with Gasteiger partial charge in [-0.05, 0) is 37.8 Å². The summed E-state index contributed by atoms with van der Waals surface area (Å²) in [6, 6.07) is 6.21. The molecule has 0 bridgehead atoms. The van der Waals surface area contributed by atoms with Crippen LogP contribution >= 0.6 is 23.2 Å². The standard InChI is InChI=1S/C21H24Cl2N4O2/c22-17-5-4-16-18(26-9-7-24-14-26)13-19(25-21(16)20(17)23)27-8-1-3-15(27)6-12-29-11-2-10-28/h4-5,7,9,13-15,28H,1-3,6,8,10-12H2/t15-/m0/s1. The smallest absolute Gasteiger partial charge is 0.131 e. The molecule has 1 atom stereocenters. The van der Waals surface area contributed by atoms with Crippen LogP contribution in [0, 0.1) is 0 Å². The second-order valence-corrected chi connectivity index (χ2v) is 7.98. The molecule has 0 radical (unpaired) electrons. The Balaban J connectivity index is 1.67. The van der Waals surface area contributed by atoms with Crippen LogP contribution in [0.3, 0.4) is 0 Å². The minimum Gasteiger partial charge on any atom is -0.396 e. The van der Waals surface area contributed by atoms with Crippen molar-refractivity contribution < 1.29 is 9.84 Å². The van der Waals surface area contributed by atoms with Gasteiger partial charge in [0.1, 0.15) is 5.82 Å². The SMILES string of the molecule is OCCCOCC[C@@H]1CCCN1c1cc(-n2ccnc2)c2ccc(Cl)c(Cl)c2n1.